The molecule has 25 heavy (non-hydrogen) atoms. The van der Waals surface area contributed by atoms with E-state index in [0.717, 1.165) is 4.90 Å². The van der Waals surface area contributed by atoms with Gasteiger partial charge in [-0.05, 0) is 29.8 Å². The minimum Gasteiger partial charge on any atom is -0.497 e. The van der Waals surface area contributed by atoms with Crippen LogP contribution < -0.4 is 9.64 Å². The molecule has 3 rings (SSSR count). The lowest BCUT2D eigenvalue weighted by atomic mass is 9.96. The normalized spacial score (nSPS) is 17.0. The minimum atomic E-state index is -2.00. The number of para-hydroxylation sites is 1. The zero-order valence-corrected chi connectivity index (χ0v) is 15.3. The summed E-state index contributed by atoms with van der Waals surface area (Å²) in [5.41, 5.74) is 0.864. The summed E-state index contributed by atoms with van der Waals surface area (Å²) in [5.74, 6) is -0.850. The predicted molar refractivity (Wildman–Crippen MR) is 99.1 cm³/mol. The fourth-order valence-corrected chi connectivity index (χ4v) is 3.57. The number of hydrogen-bond acceptors (Lipinski definition) is 3. The van der Waals surface area contributed by atoms with Gasteiger partial charge in [0.15, 0.2) is 0 Å². The van der Waals surface area contributed by atoms with E-state index in [4.69, 9.17) is 39.5 Å². The summed E-state index contributed by atoms with van der Waals surface area (Å²) in [5, 5.41) is -0.210. The summed E-state index contributed by atoms with van der Waals surface area (Å²) >= 11 is 19.0. The zero-order chi connectivity index (χ0) is 18.2. The molecule has 0 fully saturated rings. The van der Waals surface area contributed by atoms with Gasteiger partial charge in [-0.15, -0.1) is 0 Å². The highest BCUT2D eigenvalue weighted by Gasteiger charge is 2.51. The van der Waals surface area contributed by atoms with Crippen LogP contribution >= 0.6 is 34.8 Å². The summed E-state index contributed by atoms with van der Waals surface area (Å²) in [7, 11) is 1.53. The maximum Gasteiger partial charge on any atom is 0.277 e. The van der Waals surface area contributed by atoms with Gasteiger partial charge in [0.25, 0.3) is 11.8 Å². The van der Waals surface area contributed by atoms with E-state index in [0.29, 0.717) is 17.0 Å². The van der Waals surface area contributed by atoms with Crippen molar-refractivity contribution in [1.29, 1.82) is 0 Å². The number of ether oxygens (including phenoxy) is 1. The molecule has 0 aromatic heterocycles. The standard InChI is InChI=1S/C18H12Cl3NO3/c1-25-13-9-7-11(8-10-13)14-15(19)16(23)22(17(24)18(14,20)21)12-5-3-2-4-6-12/h2-10H,1H3. The van der Waals surface area contributed by atoms with Crippen LogP contribution in [-0.2, 0) is 9.59 Å². The number of methoxy groups -OCH3 is 1. The number of carbonyl (C=O) groups is 2. The third-order valence-electron chi connectivity index (χ3n) is 3.79. The Morgan fingerprint density at radius 1 is 0.960 bits per heavy atom. The summed E-state index contributed by atoms with van der Waals surface area (Å²) < 4.78 is 3.09. The largest absolute Gasteiger partial charge is 0.497 e. The number of amides is 2. The Balaban J connectivity index is 2.14. The maximum atomic E-state index is 12.8. The Kier molecular flexibility index (Phi) is 4.78. The fourth-order valence-electron chi connectivity index (χ4n) is 2.56. The van der Waals surface area contributed by atoms with E-state index in [1.54, 1.807) is 54.6 Å². The lowest BCUT2D eigenvalue weighted by Gasteiger charge is -2.34. The van der Waals surface area contributed by atoms with Gasteiger partial charge in [-0.3, -0.25) is 9.59 Å². The Hall–Kier alpha value is -2.01. The van der Waals surface area contributed by atoms with E-state index < -0.39 is 16.1 Å². The molecular formula is C18H12Cl3NO3. The molecule has 2 amide bonds. The van der Waals surface area contributed by atoms with Gasteiger partial charge in [0.2, 0.25) is 4.33 Å². The molecule has 0 unspecified atom stereocenters. The quantitative estimate of drug-likeness (QED) is 0.571. The third-order valence-corrected chi connectivity index (χ3v) is 4.84. The van der Waals surface area contributed by atoms with Crippen LogP contribution in [0.15, 0.2) is 59.6 Å². The molecular weight excluding hydrogens is 385 g/mol. The molecule has 4 nitrogen and oxygen atoms in total. The van der Waals surface area contributed by atoms with E-state index in [1.165, 1.54) is 7.11 Å². The summed E-state index contributed by atoms with van der Waals surface area (Å²) in [6.07, 6.45) is 0. The summed E-state index contributed by atoms with van der Waals surface area (Å²) in [6, 6.07) is 14.9. The van der Waals surface area contributed by atoms with Gasteiger partial charge in [0.1, 0.15) is 10.8 Å². The number of imide groups is 1. The fraction of sp³-hybridized carbons (Fsp3) is 0.111. The van der Waals surface area contributed by atoms with Gasteiger partial charge in [0, 0.05) is 5.57 Å². The van der Waals surface area contributed by atoms with Gasteiger partial charge >= 0.3 is 0 Å². The molecule has 2 aromatic rings. The van der Waals surface area contributed by atoms with Crippen LogP contribution in [0.5, 0.6) is 5.75 Å². The first-order valence-electron chi connectivity index (χ1n) is 7.24. The zero-order valence-electron chi connectivity index (χ0n) is 13.0. The van der Waals surface area contributed by atoms with E-state index in [1.807, 2.05) is 0 Å². The number of anilines is 1. The molecule has 0 spiro atoms. The van der Waals surface area contributed by atoms with Gasteiger partial charge < -0.3 is 4.74 Å². The average Bonchev–Trinajstić information content (AvgIpc) is 2.62. The van der Waals surface area contributed by atoms with Gasteiger partial charge in [0.05, 0.1) is 12.8 Å². The molecule has 0 aliphatic carbocycles. The molecule has 2 aromatic carbocycles. The molecule has 0 atom stereocenters. The third kappa shape index (κ3) is 3.01. The Morgan fingerprint density at radius 3 is 2.12 bits per heavy atom. The summed E-state index contributed by atoms with van der Waals surface area (Å²) in [6.45, 7) is 0. The van der Waals surface area contributed by atoms with Gasteiger partial charge in [-0.1, -0.05) is 65.1 Å². The van der Waals surface area contributed by atoms with Crippen molar-refractivity contribution in [3.63, 3.8) is 0 Å². The first-order valence-corrected chi connectivity index (χ1v) is 8.37. The second kappa shape index (κ2) is 6.71. The number of benzene rings is 2. The lowest BCUT2D eigenvalue weighted by Crippen LogP contribution is -2.51. The molecule has 1 aliphatic rings. The van der Waals surface area contributed by atoms with E-state index >= 15 is 0 Å². The SMILES string of the molecule is COc1ccc(C2=C(Cl)C(=O)N(c3ccccc3)C(=O)C2(Cl)Cl)cc1. The number of carbonyl (C=O) groups excluding carboxylic acids is 2. The van der Waals surface area contributed by atoms with Crippen molar-refractivity contribution in [1.82, 2.24) is 0 Å². The topological polar surface area (TPSA) is 46.6 Å². The van der Waals surface area contributed by atoms with Crippen molar-refractivity contribution in [2.75, 3.05) is 12.0 Å². The van der Waals surface area contributed by atoms with Crippen molar-refractivity contribution in [2.24, 2.45) is 0 Å². The summed E-state index contributed by atoms with van der Waals surface area (Å²) in [4.78, 5) is 26.4. The predicted octanol–water partition coefficient (Wildman–Crippen LogP) is 4.39. The van der Waals surface area contributed by atoms with Crippen LogP contribution in [0, 0.1) is 0 Å². The molecule has 0 saturated heterocycles. The van der Waals surface area contributed by atoms with E-state index in [9.17, 15) is 9.59 Å². The van der Waals surface area contributed by atoms with Crippen molar-refractivity contribution >= 4 is 57.9 Å². The highest BCUT2D eigenvalue weighted by molar-refractivity contribution is 6.70. The molecule has 0 N–H and O–H groups in total. The molecule has 0 saturated carbocycles. The molecule has 1 aliphatic heterocycles. The van der Waals surface area contributed by atoms with Crippen LogP contribution in [0.2, 0.25) is 0 Å². The van der Waals surface area contributed by atoms with E-state index in [2.05, 4.69) is 0 Å². The number of alkyl halides is 2. The van der Waals surface area contributed by atoms with Crippen molar-refractivity contribution in [3.8, 4) is 5.75 Å². The Labute approximate surface area is 159 Å². The van der Waals surface area contributed by atoms with Crippen molar-refractivity contribution < 1.29 is 14.3 Å². The first-order chi connectivity index (χ1) is 11.9. The molecule has 0 bridgehead atoms. The van der Waals surface area contributed by atoms with Crippen LogP contribution in [0.3, 0.4) is 0 Å². The van der Waals surface area contributed by atoms with Crippen LogP contribution in [-0.4, -0.2) is 23.3 Å². The highest BCUT2D eigenvalue weighted by Crippen LogP contribution is 2.46. The minimum absolute atomic E-state index is 0.0577. The average molecular weight is 397 g/mol. The molecule has 0 radical (unpaired) electrons. The smallest absolute Gasteiger partial charge is 0.277 e. The van der Waals surface area contributed by atoms with Gasteiger partial charge in [-0.25, -0.2) is 4.90 Å². The second-order valence-corrected chi connectivity index (χ2v) is 6.98. The number of rotatable bonds is 3. The molecule has 7 heteroatoms. The number of halogens is 3. The molecule has 1 heterocycles. The van der Waals surface area contributed by atoms with Crippen molar-refractivity contribution in [3.05, 3.63) is 65.2 Å². The lowest BCUT2D eigenvalue weighted by molar-refractivity contribution is -0.124. The Bertz CT molecular complexity index is 861. The number of nitrogens with zero attached hydrogens (tertiary/aromatic N) is 1. The molecule has 128 valence electrons. The number of hydrogen-bond donors (Lipinski definition) is 0. The second-order valence-electron chi connectivity index (χ2n) is 5.27. The monoisotopic (exact) mass is 395 g/mol. The maximum absolute atomic E-state index is 12.8. The van der Waals surface area contributed by atoms with Crippen molar-refractivity contribution in [2.45, 2.75) is 4.33 Å². The highest BCUT2D eigenvalue weighted by atomic mass is 35.5. The van der Waals surface area contributed by atoms with Crippen LogP contribution in [0.4, 0.5) is 5.69 Å². The van der Waals surface area contributed by atoms with Crippen LogP contribution in [0.25, 0.3) is 5.57 Å². The van der Waals surface area contributed by atoms with Gasteiger partial charge in [-0.2, -0.15) is 0 Å². The Morgan fingerprint density at radius 2 is 1.56 bits per heavy atom. The van der Waals surface area contributed by atoms with E-state index in [-0.39, 0.29) is 10.6 Å². The first kappa shape index (κ1) is 17.8. The van der Waals surface area contributed by atoms with Crippen LogP contribution in [0.1, 0.15) is 5.56 Å².